The van der Waals surface area contributed by atoms with Crippen LogP contribution in [-0.2, 0) is 4.74 Å². The lowest BCUT2D eigenvalue weighted by atomic mass is 10.2. The number of hydrogen-bond acceptors (Lipinski definition) is 4. The molecule has 2 rings (SSSR count). The molecule has 5 heteroatoms. The van der Waals surface area contributed by atoms with Crippen LogP contribution in [0.4, 0.5) is 0 Å². The van der Waals surface area contributed by atoms with Gasteiger partial charge in [-0.15, -0.1) is 0 Å². The van der Waals surface area contributed by atoms with Crippen molar-refractivity contribution in [2.24, 2.45) is 0 Å². The second kappa shape index (κ2) is 6.77. The van der Waals surface area contributed by atoms with E-state index in [4.69, 9.17) is 10.00 Å². The minimum absolute atomic E-state index is 0.335. The van der Waals surface area contributed by atoms with Crippen LogP contribution in [0.3, 0.4) is 0 Å². The first-order valence-electron chi connectivity index (χ1n) is 5.70. The number of benzene rings is 2. The third-order valence-electron chi connectivity index (χ3n) is 2.56. The van der Waals surface area contributed by atoms with Gasteiger partial charge in [0.15, 0.2) is 0 Å². The van der Waals surface area contributed by atoms with Crippen molar-refractivity contribution in [2.75, 3.05) is 7.11 Å². The summed E-state index contributed by atoms with van der Waals surface area (Å²) in [6.45, 7) is 0. The highest BCUT2D eigenvalue weighted by atomic mass is 127. The van der Waals surface area contributed by atoms with Gasteiger partial charge in [-0.1, -0.05) is 11.8 Å². The van der Waals surface area contributed by atoms with E-state index in [9.17, 15) is 4.79 Å². The van der Waals surface area contributed by atoms with E-state index in [0.29, 0.717) is 11.1 Å². The maximum atomic E-state index is 11.4. The third-order valence-corrected chi connectivity index (χ3v) is 4.91. The van der Waals surface area contributed by atoms with Crippen LogP contribution in [0.2, 0.25) is 0 Å². The van der Waals surface area contributed by atoms with Gasteiger partial charge >= 0.3 is 5.97 Å². The Morgan fingerprint density at radius 3 is 2.50 bits per heavy atom. The van der Waals surface area contributed by atoms with Crippen molar-refractivity contribution in [1.82, 2.24) is 0 Å². The molecule has 100 valence electrons. The van der Waals surface area contributed by atoms with E-state index >= 15 is 0 Å². The van der Waals surface area contributed by atoms with Crippen molar-refractivity contribution in [1.29, 1.82) is 5.26 Å². The zero-order valence-electron chi connectivity index (χ0n) is 10.6. The van der Waals surface area contributed by atoms with Gasteiger partial charge in [0.1, 0.15) is 0 Å². The zero-order valence-corrected chi connectivity index (χ0v) is 13.6. The summed E-state index contributed by atoms with van der Waals surface area (Å²) in [7, 11) is 1.37. The maximum absolute atomic E-state index is 11.4. The molecule has 0 atom stereocenters. The number of ether oxygens (including phenoxy) is 1. The van der Waals surface area contributed by atoms with Gasteiger partial charge in [-0.25, -0.2) is 4.79 Å². The van der Waals surface area contributed by atoms with Gasteiger partial charge in [-0.05, 0) is 65.1 Å². The lowest BCUT2D eigenvalue weighted by molar-refractivity contribution is 0.0600. The van der Waals surface area contributed by atoms with E-state index in [1.807, 2.05) is 18.2 Å². The molecule has 2 aromatic carbocycles. The molecular weight excluding hydrogens is 385 g/mol. The van der Waals surface area contributed by atoms with Crippen LogP contribution in [0.25, 0.3) is 0 Å². The molecule has 0 unspecified atom stereocenters. The summed E-state index contributed by atoms with van der Waals surface area (Å²) < 4.78 is 5.68. The standard InChI is InChI=1S/C15H10INO2S/c1-19-15(18)11-4-7-14(13(16)8-11)20-12-5-2-10(9-17)3-6-12/h2-8H,1H3. The summed E-state index contributed by atoms with van der Waals surface area (Å²) in [4.78, 5) is 13.5. The molecular formula is C15H10INO2S. The lowest BCUT2D eigenvalue weighted by Gasteiger charge is -2.06. The molecule has 0 aliphatic heterocycles. The van der Waals surface area contributed by atoms with Crippen molar-refractivity contribution in [2.45, 2.75) is 9.79 Å². The van der Waals surface area contributed by atoms with Crippen LogP contribution in [-0.4, -0.2) is 13.1 Å². The number of nitrogens with zero attached hydrogens (tertiary/aromatic N) is 1. The van der Waals surface area contributed by atoms with Crippen molar-refractivity contribution >= 4 is 40.3 Å². The fraction of sp³-hybridized carbons (Fsp3) is 0.0667. The van der Waals surface area contributed by atoms with Crippen molar-refractivity contribution < 1.29 is 9.53 Å². The Labute approximate surface area is 135 Å². The molecule has 0 aliphatic rings. The summed E-state index contributed by atoms with van der Waals surface area (Å²) >= 11 is 3.79. The van der Waals surface area contributed by atoms with Crippen molar-refractivity contribution in [3.05, 3.63) is 57.2 Å². The summed E-state index contributed by atoms with van der Waals surface area (Å²) in [5.74, 6) is -0.335. The smallest absolute Gasteiger partial charge is 0.337 e. The van der Waals surface area contributed by atoms with Gasteiger partial charge in [0, 0.05) is 13.4 Å². The minimum atomic E-state index is -0.335. The van der Waals surface area contributed by atoms with Gasteiger partial charge in [0.25, 0.3) is 0 Å². The highest BCUT2D eigenvalue weighted by Gasteiger charge is 2.09. The summed E-state index contributed by atoms with van der Waals surface area (Å²) in [5.41, 5.74) is 1.19. The quantitative estimate of drug-likeness (QED) is 0.580. The molecule has 0 fully saturated rings. The van der Waals surface area contributed by atoms with Gasteiger partial charge in [0.2, 0.25) is 0 Å². The van der Waals surface area contributed by atoms with Crippen molar-refractivity contribution in [3.63, 3.8) is 0 Å². The maximum Gasteiger partial charge on any atom is 0.337 e. The molecule has 0 bridgehead atoms. The van der Waals surface area contributed by atoms with Gasteiger partial charge in [-0.2, -0.15) is 5.26 Å². The number of rotatable bonds is 3. The van der Waals surface area contributed by atoms with Crippen LogP contribution >= 0.6 is 34.4 Å². The molecule has 0 heterocycles. The molecule has 0 radical (unpaired) electrons. The first kappa shape index (κ1) is 14.9. The Morgan fingerprint density at radius 2 is 1.95 bits per heavy atom. The molecule has 0 spiro atoms. The lowest BCUT2D eigenvalue weighted by Crippen LogP contribution is -2.01. The van der Waals surface area contributed by atoms with Crippen LogP contribution in [0.1, 0.15) is 15.9 Å². The predicted molar refractivity (Wildman–Crippen MR) is 85.8 cm³/mol. The van der Waals surface area contributed by atoms with Crippen LogP contribution < -0.4 is 0 Å². The third kappa shape index (κ3) is 3.52. The minimum Gasteiger partial charge on any atom is -0.465 e. The fourth-order valence-corrected chi connectivity index (χ4v) is 3.22. The van der Waals surface area contributed by atoms with Crippen LogP contribution in [0.5, 0.6) is 0 Å². The normalized spacial score (nSPS) is 9.85. The Bertz CT molecular complexity index is 677. The average Bonchev–Trinajstić information content (AvgIpc) is 2.49. The largest absolute Gasteiger partial charge is 0.465 e. The summed E-state index contributed by atoms with van der Waals surface area (Å²) in [5, 5.41) is 8.77. The monoisotopic (exact) mass is 395 g/mol. The Balaban J connectivity index is 2.21. The van der Waals surface area contributed by atoms with E-state index in [2.05, 4.69) is 28.7 Å². The zero-order chi connectivity index (χ0) is 14.5. The fourth-order valence-electron chi connectivity index (χ4n) is 1.55. The van der Waals surface area contributed by atoms with E-state index in [1.165, 1.54) is 7.11 Å². The molecule has 3 nitrogen and oxygen atoms in total. The molecule has 2 aromatic rings. The Hall–Kier alpha value is -1.52. The van der Waals surface area contributed by atoms with Gasteiger partial charge in [-0.3, -0.25) is 0 Å². The van der Waals surface area contributed by atoms with E-state index in [-0.39, 0.29) is 5.97 Å². The molecule has 0 aromatic heterocycles. The second-order valence-corrected chi connectivity index (χ2v) is 6.15. The molecule has 20 heavy (non-hydrogen) atoms. The summed E-state index contributed by atoms with van der Waals surface area (Å²) in [6, 6.07) is 14.9. The molecule has 0 amide bonds. The topological polar surface area (TPSA) is 50.1 Å². The first-order valence-corrected chi connectivity index (χ1v) is 7.59. The number of halogens is 1. The van der Waals surface area contributed by atoms with Crippen molar-refractivity contribution in [3.8, 4) is 6.07 Å². The van der Waals surface area contributed by atoms with Crippen LogP contribution in [0, 0.1) is 14.9 Å². The number of esters is 1. The average molecular weight is 395 g/mol. The number of carbonyl (C=O) groups is 1. The molecule has 0 aliphatic carbocycles. The van der Waals surface area contributed by atoms with E-state index < -0.39 is 0 Å². The SMILES string of the molecule is COC(=O)c1ccc(Sc2ccc(C#N)cc2)c(I)c1. The molecule has 0 N–H and O–H groups in total. The second-order valence-electron chi connectivity index (χ2n) is 3.88. The number of nitriles is 1. The first-order chi connectivity index (χ1) is 9.63. The van der Waals surface area contributed by atoms with Crippen LogP contribution in [0.15, 0.2) is 52.3 Å². The number of carbonyl (C=O) groups excluding carboxylic acids is 1. The number of methoxy groups -OCH3 is 1. The Morgan fingerprint density at radius 1 is 1.25 bits per heavy atom. The molecule has 0 saturated carbocycles. The Kier molecular flexibility index (Phi) is 5.04. The van der Waals surface area contributed by atoms with Gasteiger partial charge in [0.05, 0.1) is 24.3 Å². The predicted octanol–water partition coefficient (Wildman–Crippen LogP) is 4.10. The van der Waals surface area contributed by atoms with E-state index in [1.54, 1.807) is 36.0 Å². The number of hydrogen-bond donors (Lipinski definition) is 0. The summed E-state index contributed by atoms with van der Waals surface area (Å²) in [6.07, 6.45) is 0. The highest BCUT2D eigenvalue weighted by molar-refractivity contribution is 14.1. The highest BCUT2D eigenvalue weighted by Crippen LogP contribution is 2.32. The van der Waals surface area contributed by atoms with E-state index in [0.717, 1.165) is 13.4 Å². The van der Waals surface area contributed by atoms with Gasteiger partial charge < -0.3 is 4.74 Å². The molecule has 0 saturated heterocycles.